The van der Waals surface area contributed by atoms with Crippen LogP contribution in [0, 0.1) is 0 Å². The van der Waals surface area contributed by atoms with Crippen LogP contribution in [0.25, 0.3) is 0 Å². The predicted molar refractivity (Wildman–Crippen MR) is 101 cm³/mol. The van der Waals surface area contributed by atoms with Gasteiger partial charge in [0.2, 0.25) is 0 Å². The van der Waals surface area contributed by atoms with Crippen molar-refractivity contribution in [3.05, 3.63) is 35.4 Å². The Bertz CT molecular complexity index is 998. The van der Waals surface area contributed by atoms with E-state index in [9.17, 15) is 65.9 Å². The van der Waals surface area contributed by atoms with Crippen molar-refractivity contribution in [3.8, 4) is 0 Å². The molecular formula is C22H19F17. The maximum atomic E-state index is 15.4. The van der Waals surface area contributed by atoms with Gasteiger partial charge in [0.15, 0.2) is 0 Å². The second-order valence-electron chi connectivity index (χ2n) is 9.21. The smallest absolute Gasteiger partial charge is 0.199 e. The van der Waals surface area contributed by atoms with E-state index in [1.54, 1.807) is 6.92 Å². The summed E-state index contributed by atoms with van der Waals surface area (Å²) >= 11 is 0. The number of aryl methyl sites for hydroxylation is 1. The summed E-state index contributed by atoms with van der Waals surface area (Å²) in [6.07, 6.45) is -10.5. The Balaban J connectivity index is 2.75. The van der Waals surface area contributed by atoms with Crippen molar-refractivity contribution >= 4 is 0 Å². The minimum atomic E-state index is -8.62. The Morgan fingerprint density at radius 3 is 1.23 bits per heavy atom. The first kappa shape index (κ1) is 33.2. The van der Waals surface area contributed by atoms with Crippen LogP contribution < -0.4 is 0 Å². The maximum Gasteiger partial charge on any atom is 0.460 e. The fourth-order valence-electron chi connectivity index (χ4n) is 4.46. The lowest BCUT2D eigenvalue weighted by Gasteiger charge is -2.49. The summed E-state index contributed by atoms with van der Waals surface area (Å²) in [6, 6.07) is 3.69. The highest BCUT2D eigenvalue weighted by atomic mass is 19.4. The van der Waals surface area contributed by atoms with Gasteiger partial charge in [-0.15, -0.1) is 0 Å². The third-order valence-electron chi connectivity index (χ3n) is 6.94. The molecule has 1 fully saturated rings. The zero-order valence-corrected chi connectivity index (χ0v) is 19.5. The molecule has 1 aromatic carbocycles. The fraction of sp³-hybridized carbons (Fsp3) is 0.727. The molecule has 0 unspecified atom stereocenters. The Kier molecular flexibility index (Phi) is 8.14. The van der Waals surface area contributed by atoms with Crippen LogP contribution in [0.3, 0.4) is 0 Å². The highest BCUT2D eigenvalue weighted by Gasteiger charge is 2.96. The third kappa shape index (κ3) is 4.34. The van der Waals surface area contributed by atoms with Gasteiger partial charge in [-0.05, 0) is 30.4 Å². The largest absolute Gasteiger partial charge is 0.460 e. The fourth-order valence-corrected chi connectivity index (χ4v) is 4.46. The minimum absolute atomic E-state index is 0.0554. The van der Waals surface area contributed by atoms with Crippen molar-refractivity contribution < 1.29 is 74.6 Å². The average molecular weight is 606 g/mol. The van der Waals surface area contributed by atoms with Crippen LogP contribution in [0.1, 0.15) is 50.2 Å². The van der Waals surface area contributed by atoms with E-state index in [1.165, 1.54) is 0 Å². The highest BCUT2D eigenvalue weighted by molar-refractivity contribution is 5.35. The van der Waals surface area contributed by atoms with Gasteiger partial charge < -0.3 is 0 Å². The van der Waals surface area contributed by atoms with E-state index < -0.39 is 84.3 Å². The van der Waals surface area contributed by atoms with Crippen LogP contribution in [0.2, 0.25) is 0 Å². The maximum absolute atomic E-state index is 15.4. The van der Waals surface area contributed by atoms with E-state index in [0.717, 1.165) is 24.3 Å². The summed E-state index contributed by atoms with van der Waals surface area (Å²) in [5, 5.41) is 0. The standard InChI is InChI=1S/C22H19F17/c1-2-12-6-8-13(9-7-12)14(10-4-3-5-11-14)15(23,24)16(25,26)17(27,28)18(29,30)19(31,32)20(33,34)21(35,36)22(37,38)39/h6-9H,2-5,10-11H2,1H3. The number of benzene rings is 1. The van der Waals surface area contributed by atoms with Crippen molar-refractivity contribution in [1.29, 1.82) is 0 Å². The summed E-state index contributed by atoms with van der Waals surface area (Å²) in [7, 11) is 0. The Hall–Kier alpha value is -1.97. The van der Waals surface area contributed by atoms with E-state index in [4.69, 9.17) is 0 Å². The van der Waals surface area contributed by atoms with Gasteiger partial charge in [-0.25, -0.2) is 0 Å². The average Bonchev–Trinajstić information content (AvgIpc) is 2.82. The van der Waals surface area contributed by atoms with Gasteiger partial charge in [0.25, 0.3) is 0 Å². The lowest BCUT2D eigenvalue weighted by Crippen LogP contribution is -2.76. The number of hydrogen-bond acceptors (Lipinski definition) is 0. The van der Waals surface area contributed by atoms with E-state index in [2.05, 4.69) is 0 Å². The second kappa shape index (κ2) is 9.55. The highest BCUT2D eigenvalue weighted by Crippen LogP contribution is 2.67. The third-order valence-corrected chi connectivity index (χ3v) is 6.94. The molecule has 1 saturated carbocycles. The topological polar surface area (TPSA) is 0 Å². The van der Waals surface area contributed by atoms with E-state index >= 15 is 8.78 Å². The second-order valence-corrected chi connectivity index (χ2v) is 9.21. The van der Waals surface area contributed by atoms with Crippen molar-refractivity contribution in [3.63, 3.8) is 0 Å². The molecule has 1 aromatic rings. The van der Waals surface area contributed by atoms with Crippen LogP contribution in [0.5, 0.6) is 0 Å². The molecule has 0 heterocycles. The van der Waals surface area contributed by atoms with Crippen LogP contribution in [-0.2, 0) is 11.8 Å². The molecule has 1 aliphatic rings. The summed E-state index contributed by atoms with van der Waals surface area (Å²) in [5.41, 5.74) is -3.89. The minimum Gasteiger partial charge on any atom is -0.199 e. The lowest BCUT2D eigenvalue weighted by molar-refractivity contribution is -0.464. The first-order valence-electron chi connectivity index (χ1n) is 11.1. The Morgan fingerprint density at radius 1 is 0.513 bits per heavy atom. The van der Waals surface area contributed by atoms with Crippen molar-refractivity contribution in [2.24, 2.45) is 0 Å². The first-order valence-corrected chi connectivity index (χ1v) is 11.1. The lowest BCUT2D eigenvalue weighted by atomic mass is 9.62. The van der Waals surface area contributed by atoms with E-state index in [0.29, 0.717) is 5.56 Å². The Labute approximate surface area is 209 Å². The zero-order chi connectivity index (χ0) is 30.7. The molecule has 0 bridgehead atoms. The molecule has 0 saturated heterocycles. The molecule has 39 heavy (non-hydrogen) atoms. The molecule has 226 valence electrons. The van der Waals surface area contributed by atoms with Crippen LogP contribution in [-0.4, -0.2) is 47.6 Å². The van der Waals surface area contributed by atoms with Gasteiger partial charge in [0, 0.05) is 0 Å². The zero-order valence-electron chi connectivity index (χ0n) is 19.5. The number of hydrogen-bond donors (Lipinski definition) is 0. The predicted octanol–water partition coefficient (Wildman–Crippen LogP) is 9.46. The monoisotopic (exact) mass is 606 g/mol. The van der Waals surface area contributed by atoms with E-state index in [-0.39, 0.29) is 12.8 Å². The van der Waals surface area contributed by atoms with Crippen LogP contribution in [0.15, 0.2) is 24.3 Å². The molecule has 0 aromatic heterocycles. The molecule has 0 amide bonds. The molecule has 0 radical (unpaired) electrons. The molecule has 0 N–H and O–H groups in total. The quantitative estimate of drug-likeness (QED) is 0.246. The van der Waals surface area contributed by atoms with Gasteiger partial charge >= 0.3 is 47.6 Å². The SMILES string of the molecule is CCc1ccc(C2(C(F)(F)C(F)(F)C(F)(F)C(F)(F)C(F)(F)C(F)(F)C(F)(F)C(F)(F)F)CCCCC2)cc1. The number of halogens is 17. The first-order chi connectivity index (χ1) is 17.2. The number of rotatable bonds is 9. The summed E-state index contributed by atoms with van der Waals surface area (Å²) < 4.78 is 235. The van der Waals surface area contributed by atoms with Gasteiger partial charge in [-0.3, -0.25) is 0 Å². The van der Waals surface area contributed by atoms with Crippen molar-refractivity contribution in [2.45, 2.75) is 98.5 Å². The summed E-state index contributed by atoms with van der Waals surface area (Å²) in [6.45, 7) is 1.56. The molecule has 0 atom stereocenters. The summed E-state index contributed by atoms with van der Waals surface area (Å²) in [4.78, 5) is 0. The van der Waals surface area contributed by atoms with Gasteiger partial charge in [0.1, 0.15) is 0 Å². The van der Waals surface area contributed by atoms with Gasteiger partial charge in [0.05, 0.1) is 5.41 Å². The molecule has 0 aliphatic heterocycles. The van der Waals surface area contributed by atoms with Crippen LogP contribution >= 0.6 is 0 Å². The molecule has 1 aliphatic carbocycles. The Morgan fingerprint density at radius 2 is 0.872 bits per heavy atom. The number of alkyl halides is 17. The van der Waals surface area contributed by atoms with E-state index in [1.807, 2.05) is 0 Å². The van der Waals surface area contributed by atoms with Crippen LogP contribution in [0.4, 0.5) is 74.6 Å². The normalized spacial score (nSPS) is 18.8. The van der Waals surface area contributed by atoms with Gasteiger partial charge in [-0.2, -0.15) is 74.6 Å². The van der Waals surface area contributed by atoms with Crippen molar-refractivity contribution in [2.75, 3.05) is 0 Å². The molecule has 17 heteroatoms. The van der Waals surface area contributed by atoms with Crippen molar-refractivity contribution in [1.82, 2.24) is 0 Å². The molecule has 0 spiro atoms. The molecular weight excluding hydrogens is 587 g/mol. The van der Waals surface area contributed by atoms with Gasteiger partial charge in [-0.1, -0.05) is 50.5 Å². The summed E-state index contributed by atoms with van der Waals surface area (Å²) in [5.74, 6) is -56.3. The molecule has 0 nitrogen and oxygen atoms in total. The molecule has 2 rings (SSSR count).